The molecule has 0 radical (unpaired) electrons. The van der Waals surface area contributed by atoms with Gasteiger partial charge in [-0.15, -0.1) is 0 Å². The van der Waals surface area contributed by atoms with Crippen LogP contribution < -0.4 is 5.32 Å². The molecular weight excluding hydrogens is 310 g/mol. The monoisotopic (exact) mass is 323 g/mol. The summed E-state index contributed by atoms with van der Waals surface area (Å²) in [7, 11) is 0. The molecule has 0 aliphatic rings. The van der Waals surface area contributed by atoms with Crippen molar-refractivity contribution in [2.75, 3.05) is 5.32 Å². The van der Waals surface area contributed by atoms with Gasteiger partial charge in [-0.3, -0.25) is 14.9 Å². The molecule has 7 nitrogen and oxygen atoms in total. The van der Waals surface area contributed by atoms with Crippen LogP contribution in [0.1, 0.15) is 23.4 Å². The van der Waals surface area contributed by atoms with E-state index in [0.717, 1.165) is 11.3 Å². The molecule has 0 aliphatic carbocycles. The van der Waals surface area contributed by atoms with Gasteiger partial charge in [-0.2, -0.15) is 0 Å². The molecule has 0 atom stereocenters. The molecule has 22 heavy (non-hydrogen) atoms. The predicted octanol–water partition coefficient (Wildman–Crippen LogP) is 3.42. The Morgan fingerprint density at radius 3 is 2.77 bits per heavy atom. The van der Waals surface area contributed by atoms with Gasteiger partial charge in [0.15, 0.2) is 0 Å². The summed E-state index contributed by atoms with van der Waals surface area (Å²) in [6.45, 7) is 3.60. The van der Waals surface area contributed by atoms with Crippen LogP contribution in [0.5, 0.6) is 0 Å². The molecule has 8 heteroatoms. The largest absolute Gasteiger partial charge is 0.361 e. The Bertz CT molecular complexity index is 707. The molecule has 0 fully saturated rings. The average molecular weight is 324 g/mol. The molecule has 1 heterocycles. The van der Waals surface area contributed by atoms with Crippen molar-refractivity contribution in [2.24, 2.45) is 0 Å². The first-order valence-electron chi connectivity index (χ1n) is 6.54. The topological polar surface area (TPSA) is 98.3 Å². The summed E-state index contributed by atoms with van der Waals surface area (Å²) < 4.78 is 5.03. The van der Waals surface area contributed by atoms with Gasteiger partial charge in [-0.1, -0.05) is 16.8 Å². The lowest BCUT2D eigenvalue weighted by atomic mass is 10.1. The summed E-state index contributed by atoms with van der Waals surface area (Å²) in [6, 6.07) is 4.13. The van der Waals surface area contributed by atoms with E-state index < -0.39 is 4.92 Å². The summed E-state index contributed by atoms with van der Waals surface area (Å²) in [5.41, 5.74) is 1.75. The number of amides is 1. The zero-order chi connectivity index (χ0) is 16.3. The van der Waals surface area contributed by atoms with Gasteiger partial charge in [0.2, 0.25) is 5.91 Å². The molecule has 1 amide bonds. The first kappa shape index (κ1) is 16.0. The molecule has 0 spiro atoms. The van der Waals surface area contributed by atoms with E-state index in [-0.39, 0.29) is 23.0 Å². The van der Waals surface area contributed by atoms with Crippen LogP contribution in [0, 0.1) is 24.0 Å². The molecule has 116 valence electrons. The SMILES string of the molecule is Cc1noc(C)c1CCC(=O)Nc1ccc(Cl)c([N+](=O)[O-])c1. The molecule has 0 unspecified atom stereocenters. The summed E-state index contributed by atoms with van der Waals surface area (Å²) in [5.74, 6) is 0.434. The van der Waals surface area contributed by atoms with Gasteiger partial charge in [0, 0.05) is 23.7 Å². The quantitative estimate of drug-likeness (QED) is 0.671. The van der Waals surface area contributed by atoms with Crippen LogP contribution in [0.25, 0.3) is 0 Å². The van der Waals surface area contributed by atoms with Crippen LogP contribution in [0.4, 0.5) is 11.4 Å². The number of nitro benzene ring substituents is 1. The number of hydrogen-bond acceptors (Lipinski definition) is 5. The number of anilines is 1. The molecule has 0 saturated heterocycles. The molecule has 0 aliphatic heterocycles. The van der Waals surface area contributed by atoms with E-state index in [2.05, 4.69) is 10.5 Å². The van der Waals surface area contributed by atoms with Crippen molar-refractivity contribution in [2.45, 2.75) is 26.7 Å². The number of halogens is 1. The number of nitrogens with one attached hydrogen (secondary N) is 1. The Morgan fingerprint density at radius 2 is 2.18 bits per heavy atom. The molecule has 2 aromatic rings. The lowest BCUT2D eigenvalue weighted by Gasteiger charge is -2.05. The zero-order valence-electron chi connectivity index (χ0n) is 12.1. The van der Waals surface area contributed by atoms with Crippen molar-refractivity contribution in [1.82, 2.24) is 5.16 Å². The zero-order valence-corrected chi connectivity index (χ0v) is 12.8. The highest BCUT2D eigenvalue weighted by Crippen LogP contribution is 2.27. The second kappa shape index (κ2) is 6.57. The molecule has 1 aromatic heterocycles. The van der Waals surface area contributed by atoms with Crippen molar-refractivity contribution < 1.29 is 14.2 Å². The van der Waals surface area contributed by atoms with Gasteiger partial charge in [-0.05, 0) is 32.4 Å². The van der Waals surface area contributed by atoms with Crippen LogP contribution in [0.2, 0.25) is 5.02 Å². The Hall–Kier alpha value is -2.41. The fourth-order valence-electron chi connectivity index (χ4n) is 2.05. The molecule has 0 bridgehead atoms. The summed E-state index contributed by atoms with van der Waals surface area (Å²) in [4.78, 5) is 22.1. The van der Waals surface area contributed by atoms with E-state index in [1.807, 2.05) is 6.92 Å². The van der Waals surface area contributed by atoms with Crippen LogP contribution in [0.3, 0.4) is 0 Å². The van der Waals surface area contributed by atoms with Gasteiger partial charge < -0.3 is 9.84 Å². The van der Waals surface area contributed by atoms with Gasteiger partial charge in [0.1, 0.15) is 10.8 Å². The second-order valence-electron chi connectivity index (χ2n) is 4.77. The normalized spacial score (nSPS) is 10.5. The minimum Gasteiger partial charge on any atom is -0.361 e. The maximum atomic E-state index is 11.9. The number of rotatable bonds is 5. The van der Waals surface area contributed by atoms with Gasteiger partial charge >= 0.3 is 0 Å². The number of nitro groups is 1. The summed E-state index contributed by atoms with van der Waals surface area (Å²) >= 11 is 5.72. The third-order valence-electron chi connectivity index (χ3n) is 3.21. The number of benzene rings is 1. The minimum atomic E-state index is -0.595. The molecule has 0 saturated carbocycles. The Labute approximate surface area is 131 Å². The second-order valence-corrected chi connectivity index (χ2v) is 5.18. The third-order valence-corrected chi connectivity index (χ3v) is 3.53. The van der Waals surface area contributed by atoms with Gasteiger partial charge in [0.25, 0.3) is 5.69 Å². The first-order chi connectivity index (χ1) is 10.4. The lowest BCUT2D eigenvalue weighted by molar-refractivity contribution is -0.384. The average Bonchev–Trinajstić information content (AvgIpc) is 2.77. The fourth-order valence-corrected chi connectivity index (χ4v) is 2.24. The fraction of sp³-hybridized carbons (Fsp3) is 0.286. The number of nitrogens with zero attached hydrogens (tertiary/aromatic N) is 2. The molecule has 1 N–H and O–H groups in total. The van der Waals surface area contributed by atoms with Crippen molar-refractivity contribution in [1.29, 1.82) is 0 Å². The Kier molecular flexibility index (Phi) is 4.77. The van der Waals surface area contributed by atoms with E-state index in [1.54, 1.807) is 6.92 Å². The van der Waals surface area contributed by atoms with E-state index in [4.69, 9.17) is 16.1 Å². The van der Waals surface area contributed by atoms with Crippen LogP contribution >= 0.6 is 11.6 Å². The summed E-state index contributed by atoms with van der Waals surface area (Å²) in [6.07, 6.45) is 0.710. The maximum absolute atomic E-state index is 11.9. The molecular formula is C14H14ClN3O4. The van der Waals surface area contributed by atoms with E-state index in [9.17, 15) is 14.9 Å². The van der Waals surface area contributed by atoms with Crippen LogP contribution in [-0.4, -0.2) is 16.0 Å². The van der Waals surface area contributed by atoms with E-state index >= 15 is 0 Å². The third kappa shape index (κ3) is 3.62. The molecule has 1 aromatic carbocycles. The van der Waals surface area contributed by atoms with Crippen LogP contribution in [0.15, 0.2) is 22.7 Å². The Balaban J connectivity index is 2.01. The van der Waals surface area contributed by atoms with Crippen molar-refractivity contribution in [3.63, 3.8) is 0 Å². The minimum absolute atomic E-state index is 0.0266. The highest BCUT2D eigenvalue weighted by atomic mass is 35.5. The number of carbonyl (C=O) groups is 1. The van der Waals surface area contributed by atoms with Crippen molar-refractivity contribution >= 4 is 28.9 Å². The van der Waals surface area contributed by atoms with Gasteiger partial charge in [0.05, 0.1) is 10.6 Å². The maximum Gasteiger partial charge on any atom is 0.289 e. The van der Waals surface area contributed by atoms with E-state index in [0.29, 0.717) is 17.9 Å². The highest BCUT2D eigenvalue weighted by Gasteiger charge is 2.15. The van der Waals surface area contributed by atoms with Crippen molar-refractivity contribution in [3.8, 4) is 0 Å². The van der Waals surface area contributed by atoms with Crippen LogP contribution in [-0.2, 0) is 11.2 Å². The van der Waals surface area contributed by atoms with Crippen molar-refractivity contribution in [3.05, 3.63) is 50.4 Å². The standard InChI is InChI=1S/C14H14ClN3O4/c1-8-11(9(2)22-17-8)4-6-14(19)16-10-3-5-12(15)13(7-10)18(20)21/h3,5,7H,4,6H2,1-2H3,(H,16,19). The first-order valence-corrected chi connectivity index (χ1v) is 6.92. The molecule has 2 rings (SSSR count). The number of aromatic nitrogens is 1. The predicted molar refractivity (Wildman–Crippen MR) is 81.0 cm³/mol. The highest BCUT2D eigenvalue weighted by molar-refractivity contribution is 6.32. The number of carbonyl (C=O) groups excluding carboxylic acids is 1. The number of aryl methyl sites for hydroxylation is 2. The smallest absolute Gasteiger partial charge is 0.289 e. The summed E-state index contributed by atoms with van der Waals surface area (Å²) in [5, 5.41) is 17.3. The van der Waals surface area contributed by atoms with Gasteiger partial charge in [-0.25, -0.2) is 0 Å². The Morgan fingerprint density at radius 1 is 1.45 bits per heavy atom. The number of hydrogen-bond donors (Lipinski definition) is 1. The van der Waals surface area contributed by atoms with E-state index in [1.165, 1.54) is 18.2 Å². The lowest BCUT2D eigenvalue weighted by Crippen LogP contribution is -2.12.